The summed E-state index contributed by atoms with van der Waals surface area (Å²) >= 11 is 0. The maximum absolute atomic E-state index is 11.7. The minimum atomic E-state index is -3.01. The molecule has 1 aromatic rings. The van der Waals surface area contributed by atoms with Crippen molar-refractivity contribution < 1.29 is 13.2 Å². The molecule has 7 heteroatoms. The molecule has 0 spiro atoms. The summed E-state index contributed by atoms with van der Waals surface area (Å²) in [5, 5.41) is 3.86. The van der Waals surface area contributed by atoms with Crippen molar-refractivity contribution in [2.24, 2.45) is 7.05 Å². The first-order chi connectivity index (χ1) is 7.87. The van der Waals surface area contributed by atoms with E-state index in [9.17, 15) is 13.2 Å². The van der Waals surface area contributed by atoms with Crippen LogP contribution in [-0.2, 0) is 16.9 Å². The van der Waals surface area contributed by atoms with Gasteiger partial charge >= 0.3 is 0 Å². The fraction of sp³-hybridized carbons (Fsp3) is 0.600. The molecule has 6 nitrogen and oxygen atoms in total. The lowest BCUT2D eigenvalue weighted by atomic mass is 10.1. The third kappa shape index (κ3) is 3.55. The Morgan fingerprint density at radius 2 is 2.18 bits per heavy atom. The van der Waals surface area contributed by atoms with Crippen molar-refractivity contribution in [3.8, 4) is 0 Å². The molecule has 0 aliphatic rings. The van der Waals surface area contributed by atoms with E-state index in [1.807, 2.05) is 0 Å². The molecule has 0 aromatic carbocycles. The first kappa shape index (κ1) is 13.7. The van der Waals surface area contributed by atoms with E-state index in [0.717, 1.165) is 0 Å². The van der Waals surface area contributed by atoms with Crippen LogP contribution in [0.3, 0.4) is 0 Å². The van der Waals surface area contributed by atoms with Crippen molar-refractivity contribution in [2.75, 3.05) is 17.2 Å². The average molecular weight is 259 g/mol. The van der Waals surface area contributed by atoms with Gasteiger partial charge in [-0.15, -0.1) is 0 Å². The van der Waals surface area contributed by atoms with Gasteiger partial charge in [0.15, 0.2) is 5.78 Å². The molecule has 1 rings (SSSR count). The van der Waals surface area contributed by atoms with Gasteiger partial charge in [-0.25, -0.2) is 8.42 Å². The number of sulfone groups is 1. The number of aromatic nitrogens is 2. The lowest BCUT2D eigenvalue weighted by Crippen LogP contribution is -2.11. The molecule has 17 heavy (non-hydrogen) atoms. The van der Waals surface area contributed by atoms with Crippen LogP contribution >= 0.6 is 0 Å². The molecule has 1 heterocycles. The number of hydrogen-bond acceptors (Lipinski definition) is 5. The van der Waals surface area contributed by atoms with Gasteiger partial charge in [-0.05, 0) is 6.42 Å². The minimum Gasteiger partial charge on any atom is -0.383 e. The molecule has 2 N–H and O–H groups in total. The Bertz CT molecular complexity index is 505. The Kier molecular flexibility index (Phi) is 4.28. The molecule has 0 unspecified atom stereocenters. The molecule has 1 aromatic heterocycles. The number of rotatable bonds is 6. The van der Waals surface area contributed by atoms with E-state index in [1.54, 1.807) is 14.0 Å². The lowest BCUT2D eigenvalue weighted by Gasteiger charge is -2.01. The van der Waals surface area contributed by atoms with Crippen LogP contribution in [0.25, 0.3) is 0 Å². The highest BCUT2D eigenvalue weighted by Crippen LogP contribution is 2.13. The number of ketones is 1. The molecule has 0 aliphatic heterocycles. The Morgan fingerprint density at radius 3 is 2.65 bits per heavy atom. The molecule has 0 aliphatic carbocycles. The largest absolute Gasteiger partial charge is 0.383 e. The van der Waals surface area contributed by atoms with Crippen LogP contribution in [0.4, 0.5) is 5.82 Å². The molecule has 96 valence electrons. The number of nitrogens with two attached hydrogens (primary N) is 1. The molecule has 0 radical (unpaired) electrons. The van der Waals surface area contributed by atoms with E-state index in [0.29, 0.717) is 17.8 Å². The van der Waals surface area contributed by atoms with Gasteiger partial charge in [-0.3, -0.25) is 9.48 Å². The van der Waals surface area contributed by atoms with Gasteiger partial charge in [0.05, 0.1) is 17.5 Å². The molecule has 0 amide bonds. The molecular formula is C10H17N3O3S. The van der Waals surface area contributed by atoms with Crippen molar-refractivity contribution in [3.63, 3.8) is 0 Å². The van der Waals surface area contributed by atoms with Gasteiger partial charge in [0.25, 0.3) is 0 Å². The maximum atomic E-state index is 11.7. The predicted molar refractivity (Wildman–Crippen MR) is 65.5 cm³/mol. The van der Waals surface area contributed by atoms with E-state index < -0.39 is 9.84 Å². The first-order valence-corrected chi connectivity index (χ1v) is 7.20. The van der Waals surface area contributed by atoms with Gasteiger partial charge in [0, 0.05) is 19.2 Å². The van der Waals surface area contributed by atoms with Gasteiger partial charge < -0.3 is 5.73 Å². The molecule has 0 saturated heterocycles. The van der Waals surface area contributed by atoms with Crippen LogP contribution in [0.5, 0.6) is 0 Å². The fourth-order valence-corrected chi connectivity index (χ4v) is 2.27. The van der Waals surface area contributed by atoms with Crippen molar-refractivity contribution in [1.29, 1.82) is 0 Å². The van der Waals surface area contributed by atoms with Crippen LogP contribution in [0, 0.1) is 0 Å². The average Bonchev–Trinajstić information content (AvgIpc) is 2.59. The van der Waals surface area contributed by atoms with Gasteiger partial charge in [-0.1, -0.05) is 6.92 Å². The fourth-order valence-electron chi connectivity index (χ4n) is 1.39. The summed E-state index contributed by atoms with van der Waals surface area (Å²) in [5.41, 5.74) is 6.01. The van der Waals surface area contributed by atoms with Crippen LogP contribution in [0.2, 0.25) is 0 Å². The third-order valence-electron chi connectivity index (χ3n) is 2.58. The maximum Gasteiger partial charge on any atom is 0.168 e. The number of carbonyl (C=O) groups is 1. The van der Waals surface area contributed by atoms with Crippen molar-refractivity contribution in [3.05, 3.63) is 11.8 Å². The van der Waals surface area contributed by atoms with E-state index in [1.165, 1.54) is 10.9 Å². The van der Waals surface area contributed by atoms with Gasteiger partial charge in [0.2, 0.25) is 0 Å². The van der Waals surface area contributed by atoms with Crippen molar-refractivity contribution >= 4 is 21.4 Å². The number of nitrogen functional groups attached to an aromatic ring is 1. The summed E-state index contributed by atoms with van der Waals surface area (Å²) in [6.07, 6.45) is 1.91. The standard InChI is InChI=1S/C10H17N3O3S/c1-3-17(15,16)6-4-5-9(14)8-7-12-13(2)10(8)11/h7H,3-6,11H2,1-2H3. The van der Waals surface area contributed by atoms with Gasteiger partial charge in [-0.2, -0.15) is 5.10 Å². The topological polar surface area (TPSA) is 95.0 Å². The lowest BCUT2D eigenvalue weighted by molar-refractivity contribution is 0.0983. The second-order valence-corrected chi connectivity index (χ2v) is 6.30. The molecule has 0 fully saturated rings. The van der Waals surface area contributed by atoms with Crippen LogP contribution in [0.1, 0.15) is 30.1 Å². The second kappa shape index (κ2) is 5.31. The summed E-state index contributed by atoms with van der Waals surface area (Å²) in [4.78, 5) is 11.7. The highest BCUT2D eigenvalue weighted by molar-refractivity contribution is 7.91. The monoisotopic (exact) mass is 259 g/mol. The summed E-state index contributed by atoms with van der Waals surface area (Å²) in [5.74, 6) is 0.293. The third-order valence-corrected chi connectivity index (χ3v) is 4.37. The normalized spacial score (nSPS) is 11.6. The number of anilines is 1. The highest BCUT2D eigenvalue weighted by atomic mass is 32.2. The highest BCUT2D eigenvalue weighted by Gasteiger charge is 2.15. The second-order valence-electron chi connectivity index (χ2n) is 3.83. The molecule has 0 bridgehead atoms. The Morgan fingerprint density at radius 1 is 1.53 bits per heavy atom. The molecular weight excluding hydrogens is 242 g/mol. The van der Waals surface area contributed by atoms with E-state index >= 15 is 0 Å². The number of Topliss-reactive ketones (excluding diaryl/α,β-unsaturated/α-hetero) is 1. The van der Waals surface area contributed by atoms with Crippen LogP contribution < -0.4 is 5.73 Å². The van der Waals surface area contributed by atoms with Crippen LogP contribution in [-0.4, -0.2) is 35.5 Å². The van der Waals surface area contributed by atoms with E-state index in [4.69, 9.17) is 5.73 Å². The van der Waals surface area contributed by atoms with Crippen LogP contribution in [0.15, 0.2) is 6.20 Å². The zero-order valence-corrected chi connectivity index (χ0v) is 10.8. The summed E-state index contributed by atoms with van der Waals surface area (Å²) in [6, 6.07) is 0. The van der Waals surface area contributed by atoms with Crippen molar-refractivity contribution in [1.82, 2.24) is 9.78 Å². The molecule has 0 atom stereocenters. The minimum absolute atomic E-state index is 0.0371. The van der Waals surface area contributed by atoms with E-state index in [-0.39, 0.29) is 23.7 Å². The predicted octanol–water partition coefficient (Wildman–Crippen LogP) is 0.400. The zero-order valence-electron chi connectivity index (χ0n) is 10.0. The number of carbonyl (C=O) groups excluding carboxylic acids is 1. The summed E-state index contributed by atoms with van der Waals surface area (Å²) < 4.78 is 23.9. The summed E-state index contributed by atoms with van der Waals surface area (Å²) in [7, 11) is -1.36. The Balaban J connectivity index is 2.54. The summed E-state index contributed by atoms with van der Waals surface area (Å²) in [6.45, 7) is 1.59. The number of nitrogens with zero attached hydrogens (tertiary/aromatic N) is 2. The number of aryl methyl sites for hydroxylation is 1. The SMILES string of the molecule is CCS(=O)(=O)CCCC(=O)c1cnn(C)c1N. The molecule has 0 saturated carbocycles. The Hall–Kier alpha value is -1.37. The van der Waals surface area contributed by atoms with Gasteiger partial charge in [0.1, 0.15) is 15.7 Å². The van der Waals surface area contributed by atoms with E-state index in [2.05, 4.69) is 5.10 Å². The smallest absolute Gasteiger partial charge is 0.168 e. The quantitative estimate of drug-likeness (QED) is 0.746. The Labute approximate surface area is 101 Å². The zero-order chi connectivity index (χ0) is 13.1. The van der Waals surface area contributed by atoms with Crippen molar-refractivity contribution in [2.45, 2.75) is 19.8 Å². The number of hydrogen-bond donors (Lipinski definition) is 1. The first-order valence-electron chi connectivity index (χ1n) is 5.38.